The fourth-order valence-electron chi connectivity index (χ4n) is 0. The molecule has 0 N–H and O–H groups in total. The largest absolute Gasteiger partial charge is 4.00 e. The summed E-state index contributed by atoms with van der Waals surface area (Å²) in [7, 11) is 0. The molecule has 0 aromatic rings. The molecule has 0 saturated carbocycles. The van der Waals surface area contributed by atoms with Gasteiger partial charge in [-0.05, 0) is 0 Å². The van der Waals surface area contributed by atoms with E-state index < -0.39 is 75.1 Å². The first-order valence-electron chi connectivity index (χ1n) is 2.19. The van der Waals surface area contributed by atoms with Crippen LogP contribution >= 0.6 is 0 Å². The van der Waals surface area contributed by atoms with E-state index in [0.717, 1.165) is 0 Å². The van der Waals surface area contributed by atoms with E-state index in [9.17, 15) is 0 Å². The predicted octanol–water partition coefficient (Wildman–Crippen LogP) is -5.72. The van der Waals surface area contributed by atoms with Gasteiger partial charge in [0.1, 0.15) is 0 Å². The van der Waals surface area contributed by atoms with Crippen LogP contribution in [-0.2, 0) is 123 Å². The van der Waals surface area contributed by atoms with Crippen molar-refractivity contribution in [3.8, 4) is 0 Å². The molecule has 0 rings (SSSR count). The Morgan fingerprint density at radius 2 is 0.412 bits per heavy atom. The smallest absolute Gasteiger partial charge is 4.00 e. The van der Waals surface area contributed by atoms with E-state index in [1.54, 1.807) is 0 Å². The predicted molar refractivity (Wildman–Crippen MR) is 5.49 cm³/mol. The van der Waals surface area contributed by atoms with Crippen molar-refractivity contribution in [2.75, 3.05) is 0 Å². The average molecular weight is 611 g/mol. The zero-order chi connectivity index (χ0) is 14.3. The standard InChI is InChI=1S/4Nb.12O.Ti/q;;;;;;;;;;;;4*-1;+4. The SMILES string of the molecule is [O]=[Nb](=[O])[O-].[O]=[Nb](=[O])[O-].[O]=[Nb](=[O])[O-].[O]=[Nb](=[O])[O-].[Ti+4]. The van der Waals surface area contributed by atoms with Crippen LogP contribution in [0.25, 0.3) is 0 Å². The maximum atomic E-state index is 8.60. The fraction of sp³-hybridized carbons (Fsp3) is 0. The second kappa shape index (κ2) is 26.5. The van der Waals surface area contributed by atoms with Crippen LogP contribution in [0.1, 0.15) is 0 Å². The van der Waals surface area contributed by atoms with Gasteiger partial charge in [0.25, 0.3) is 0 Å². The topological polar surface area (TPSA) is 229 Å². The van der Waals surface area contributed by atoms with Crippen LogP contribution in [0.4, 0.5) is 0 Å². The molecule has 17 heavy (non-hydrogen) atoms. The molecular weight excluding hydrogens is 611 g/mol. The summed E-state index contributed by atoms with van der Waals surface area (Å²) in [6.45, 7) is 0. The maximum absolute atomic E-state index is 8.60. The fourth-order valence-corrected chi connectivity index (χ4v) is 0. The Morgan fingerprint density at radius 3 is 0.412 bits per heavy atom. The minimum atomic E-state index is -4.20. The van der Waals surface area contributed by atoms with Crippen molar-refractivity contribution in [1.29, 1.82) is 0 Å². The molecule has 0 aliphatic rings. The summed E-state index contributed by atoms with van der Waals surface area (Å²) < 4.78 is 103. The third-order valence-corrected chi connectivity index (χ3v) is 0. The van der Waals surface area contributed by atoms with Gasteiger partial charge < -0.3 is 0 Å². The molecule has 12 nitrogen and oxygen atoms in total. The Labute approximate surface area is 135 Å². The Balaban J connectivity index is -0.0000000369. The van der Waals surface area contributed by atoms with E-state index in [2.05, 4.69) is 0 Å². The summed E-state index contributed by atoms with van der Waals surface area (Å²) in [5.74, 6) is 0. The molecule has 0 spiro atoms. The van der Waals surface area contributed by atoms with Crippen LogP contribution in [0.5, 0.6) is 0 Å². The zero-order valence-electron chi connectivity index (χ0n) is 7.19. The summed E-state index contributed by atoms with van der Waals surface area (Å²) in [5, 5.41) is 0. The van der Waals surface area contributed by atoms with Crippen LogP contribution in [0, 0.1) is 0 Å². The molecule has 0 fully saturated rings. The van der Waals surface area contributed by atoms with Gasteiger partial charge in [-0.25, -0.2) is 0 Å². The van der Waals surface area contributed by atoms with Gasteiger partial charge in [-0.3, -0.25) is 0 Å². The molecule has 0 aromatic heterocycles. The molecule has 0 heterocycles. The van der Waals surface area contributed by atoms with Gasteiger partial charge in [-0.2, -0.15) is 0 Å². The van der Waals surface area contributed by atoms with Crippen molar-refractivity contribution in [3.63, 3.8) is 0 Å². The van der Waals surface area contributed by atoms with Crippen LogP contribution in [-0.4, -0.2) is 0 Å². The maximum Gasteiger partial charge on any atom is 4.00 e. The second-order valence-corrected chi connectivity index (χ2v) is 5.29. The zero-order valence-corrected chi connectivity index (χ0v) is 17.5. The first kappa shape index (κ1) is 31.4. The Bertz CT molecular complexity index is 292. The monoisotopic (exact) mass is 612 g/mol. The molecule has 0 aliphatic carbocycles. The van der Waals surface area contributed by atoms with Crippen molar-refractivity contribution in [3.05, 3.63) is 0 Å². The molecule has 0 bridgehead atoms. The Morgan fingerprint density at radius 1 is 0.412 bits per heavy atom. The Hall–Kier alpha value is 1.92. The van der Waals surface area contributed by atoms with E-state index in [0.29, 0.717) is 0 Å². The molecule has 96 valence electrons. The van der Waals surface area contributed by atoms with Crippen molar-refractivity contribution in [1.82, 2.24) is 0 Å². The van der Waals surface area contributed by atoms with Crippen LogP contribution < -0.4 is 14.5 Å². The number of hydrogen-bond acceptors (Lipinski definition) is 12. The van der Waals surface area contributed by atoms with Gasteiger partial charge in [0.2, 0.25) is 0 Å². The van der Waals surface area contributed by atoms with E-state index in [1.165, 1.54) is 0 Å². The summed E-state index contributed by atoms with van der Waals surface area (Å²) in [6.07, 6.45) is 0. The van der Waals surface area contributed by atoms with Gasteiger partial charge >= 0.3 is 137 Å². The van der Waals surface area contributed by atoms with Crippen molar-refractivity contribution in [2.45, 2.75) is 0 Å². The van der Waals surface area contributed by atoms with Crippen LogP contribution in [0.2, 0.25) is 0 Å². The first-order valence-corrected chi connectivity index (χ1v) is 13.0. The molecule has 0 unspecified atom stereocenters. The van der Waals surface area contributed by atoms with Crippen molar-refractivity contribution >= 4 is 0 Å². The van der Waals surface area contributed by atoms with Crippen molar-refractivity contribution < 1.29 is 137 Å². The number of hydrogen-bond donors (Lipinski definition) is 0. The molecule has 0 aromatic carbocycles. The Kier molecular flexibility index (Phi) is 48.8. The van der Waals surface area contributed by atoms with Gasteiger partial charge in [0.15, 0.2) is 0 Å². The quantitative estimate of drug-likeness (QED) is 0.233. The molecular formula is Nb4O12Ti. The summed E-state index contributed by atoms with van der Waals surface area (Å²) >= 11 is -16.8. The average Bonchev–Trinajstić information content (AvgIpc) is 1.76. The van der Waals surface area contributed by atoms with Gasteiger partial charge in [0.05, 0.1) is 0 Å². The van der Waals surface area contributed by atoms with Gasteiger partial charge in [-0.15, -0.1) is 0 Å². The second-order valence-electron chi connectivity index (χ2n) is 0.894. The van der Waals surface area contributed by atoms with Crippen molar-refractivity contribution in [2.24, 2.45) is 0 Å². The molecule has 0 radical (unpaired) electrons. The van der Waals surface area contributed by atoms with E-state index >= 15 is 0 Å². The van der Waals surface area contributed by atoms with E-state index in [-0.39, 0.29) is 21.7 Å². The molecule has 0 aliphatic heterocycles. The van der Waals surface area contributed by atoms with E-state index in [1.807, 2.05) is 0 Å². The van der Waals surface area contributed by atoms with E-state index in [4.69, 9.17) is 40.5 Å². The molecule has 17 heteroatoms. The molecule has 0 amide bonds. The molecule has 0 atom stereocenters. The summed E-state index contributed by atoms with van der Waals surface area (Å²) in [5.41, 5.74) is 0. The third kappa shape index (κ3) is 1240. The summed E-state index contributed by atoms with van der Waals surface area (Å²) in [4.78, 5) is 0. The van der Waals surface area contributed by atoms with Crippen LogP contribution in [0.3, 0.4) is 0 Å². The van der Waals surface area contributed by atoms with Crippen LogP contribution in [0.15, 0.2) is 0 Å². The van der Waals surface area contributed by atoms with Gasteiger partial charge in [-0.1, -0.05) is 0 Å². The summed E-state index contributed by atoms with van der Waals surface area (Å²) in [6, 6.07) is 0. The third-order valence-electron chi connectivity index (χ3n) is 0. The minimum absolute atomic E-state index is 0. The normalized spacial score (nSPS) is 5.88. The minimum Gasteiger partial charge on any atom is 4.00 e. The first-order chi connectivity index (χ1) is 6.93. The number of rotatable bonds is 0. The van der Waals surface area contributed by atoms with Gasteiger partial charge in [0, 0.05) is 0 Å². The molecule has 0 saturated heterocycles.